The summed E-state index contributed by atoms with van der Waals surface area (Å²) in [5.74, 6) is 0.781. The second-order valence-electron chi connectivity index (χ2n) is 3.68. The molecule has 0 saturated heterocycles. The van der Waals surface area contributed by atoms with Crippen LogP contribution in [0.5, 0.6) is 5.75 Å². The van der Waals surface area contributed by atoms with Gasteiger partial charge in [-0.2, -0.15) is 5.26 Å². The highest BCUT2D eigenvalue weighted by Crippen LogP contribution is 2.17. The summed E-state index contributed by atoms with van der Waals surface area (Å²) in [5, 5.41) is 8.80. The molecule has 1 rings (SSSR count). The van der Waals surface area contributed by atoms with Crippen LogP contribution in [0.2, 0.25) is 0 Å². The molecule has 0 aliphatic heterocycles. The Hall–Kier alpha value is -1.53. The molecular formula is C13H17NO2. The third kappa shape index (κ3) is 3.56. The average molecular weight is 219 g/mol. The molecule has 0 bridgehead atoms. The summed E-state index contributed by atoms with van der Waals surface area (Å²) in [7, 11) is 0. The number of ether oxygens (including phenoxy) is 2. The predicted molar refractivity (Wildman–Crippen MR) is 62.5 cm³/mol. The molecule has 1 aromatic carbocycles. The molecule has 1 unspecified atom stereocenters. The summed E-state index contributed by atoms with van der Waals surface area (Å²) < 4.78 is 10.9. The molecule has 0 heterocycles. The van der Waals surface area contributed by atoms with E-state index >= 15 is 0 Å². The van der Waals surface area contributed by atoms with E-state index in [2.05, 4.69) is 6.07 Å². The zero-order valence-electron chi connectivity index (χ0n) is 9.99. The Kier molecular flexibility index (Phi) is 4.81. The number of nitriles is 1. The molecule has 0 amide bonds. The van der Waals surface area contributed by atoms with Crippen LogP contribution in [-0.4, -0.2) is 19.3 Å². The summed E-state index contributed by atoms with van der Waals surface area (Å²) in [6.07, 6.45) is 0.0206. The number of nitrogens with zero attached hydrogens (tertiary/aromatic N) is 1. The standard InChI is InChI=1S/C13H17NO2/c1-4-15-9-11(3)16-13-6-5-12(8-14)10(2)7-13/h5-7,11H,4,9H2,1-3H3. The third-order valence-electron chi connectivity index (χ3n) is 2.21. The molecular weight excluding hydrogens is 202 g/mol. The summed E-state index contributed by atoms with van der Waals surface area (Å²) in [4.78, 5) is 0. The van der Waals surface area contributed by atoms with Gasteiger partial charge in [-0.3, -0.25) is 0 Å². The SMILES string of the molecule is CCOCC(C)Oc1ccc(C#N)c(C)c1. The first-order valence-corrected chi connectivity index (χ1v) is 5.42. The number of hydrogen-bond donors (Lipinski definition) is 0. The van der Waals surface area contributed by atoms with Crippen LogP contribution in [0, 0.1) is 18.3 Å². The van der Waals surface area contributed by atoms with Crippen LogP contribution in [-0.2, 0) is 4.74 Å². The van der Waals surface area contributed by atoms with E-state index in [1.807, 2.05) is 32.9 Å². The first-order valence-electron chi connectivity index (χ1n) is 5.42. The van der Waals surface area contributed by atoms with E-state index < -0.39 is 0 Å². The van der Waals surface area contributed by atoms with Crippen molar-refractivity contribution in [2.45, 2.75) is 26.9 Å². The topological polar surface area (TPSA) is 42.2 Å². The fraction of sp³-hybridized carbons (Fsp3) is 0.462. The molecule has 0 fully saturated rings. The first kappa shape index (κ1) is 12.5. The summed E-state index contributed by atoms with van der Waals surface area (Å²) in [6, 6.07) is 7.60. The number of aryl methyl sites for hydroxylation is 1. The lowest BCUT2D eigenvalue weighted by molar-refractivity contribution is 0.0657. The Morgan fingerprint density at radius 2 is 2.19 bits per heavy atom. The summed E-state index contributed by atoms with van der Waals surface area (Å²) in [5.41, 5.74) is 1.62. The molecule has 0 saturated carbocycles. The molecule has 3 nitrogen and oxygen atoms in total. The molecule has 0 aliphatic rings. The second-order valence-corrected chi connectivity index (χ2v) is 3.68. The van der Waals surface area contributed by atoms with Crippen LogP contribution in [0.25, 0.3) is 0 Å². The lowest BCUT2D eigenvalue weighted by Gasteiger charge is -2.15. The van der Waals surface area contributed by atoms with E-state index in [9.17, 15) is 0 Å². The van der Waals surface area contributed by atoms with Gasteiger partial charge in [0.15, 0.2) is 0 Å². The van der Waals surface area contributed by atoms with Gasteiger partial charge in [0.05, 0.1) is 18.2 Å². The fourth-order valence-electron chi connectivity index (χ4n) is 1.39. The average Bonchev–Trinajstić information content (AvgIpc) is 2.26. The van der Waals surface area contributed by atoms with Gasteiger partial charge in [0.2, 0.25) is 0 Å². The van der Waals surface area contributed by atoms with E-state index in [1.165, 1.54) is 0 Å². The van der Waals surface area contributed by atoms with Crippen molar-refractivity contribution >= 4 is 0 Å². The summed E-state index contributed by atoms with van der Waals surface area (Å²) >= 11 is 0. The van der Waals surface area contributed by atoms with Gasteiger partial charge in [0.1, 0.15) is 11.9 Å². The molecule has 0 aliphatic carbocycles. The highest BCUT2D eigenvalue weighted by molar-refractivity contribution is 5.41. The van der Waals surface area contributed by atoms with Crippen molar-refractivity contribution in [1.29, 1.82) is 5.26 Å². The zero-order chi connectivity index (χ0) is 12.0. The minimum absolute atomic E-state index is 0.0206. The lowest BCUT2D eigenvalue weighted by atomic mass is 10.1. The third-order valence-corrected chi connectivity index (χ3v) is 2.21. The fourth-order valence-corrected chi connectivity index (χ4v) is 1.39. The minimum Gasteiger partial charge on any atom is -0.488 e. The van der Waals surface area contributed by atoms with Crippen molar-refractivity contribution < 1.29 is 9.47 Å². The molecule has 16 heavy (non-hydrogen) atoms. The van der Waals surface area contributed by atoms with Crippen LogP contribution >= 0.6 is 0 Å². The maximum Gasteiger partial charge on any atom is 0.120 e. The Morgan fingerprint density at radius 3 is 2.75 bits per heavy atom. The normalized spacial score (nSPS) is 11.9. The van der Waals surface area contributed by atoms with Gasteiger partial charge in [-0.15, -0.1) is 0 Å². The van der Waals surface area contributed by atoms with Crippen molar-refractivity contribution in [2.75, 3.05) is 13.2 Å². The molecule has 1 aromatic rings. The van der Waals surface area contributed by atoms with Gasteiger partial charge in [0.25, 0.3) is 0 Å². The number of hydrogen-bond acceptors (Lipinski definition) is 3. The van der Waals surface area contributed by atoms with Crippen molar-refractivity contribution in [3.63, 3.8) is 0 Å². The van der Waals surface area contributed by atoms with E-state index in [0.29, 0.717) is 18.8 Å². The monoisotopic (exact) mass is 219 g/mol. The molecule has 0 spiro atoms. The highest BCUT2D eigenvalue weighted by atomic mass is 16.5. The van der Waals surface area contributed by atoms with Crippen molar-refractivity contribution in [2.24, 2.45) is 0 Å². The van der Waals surface area contributed by atoms with Gasteiger partial charge in [-0.05, 0) is 44.5 Å². The van der Waals surface area contributed by atoms with Crippen molar-refractivity contribution in [3.05, 3.63) is 29.3 Å². The highest BCUT2D eigenvalue weighted by Gasteiger charge is 2.05. The van der Waals surface area contributed by atoms with E-state index in [0.717, 1.165) is 11.3 Å². The lowest BCUT2D eigenvalue weighted by Crippen LogP contribution is -2.19. The second kappa shape index (κ2) is 6.14. The van der Waals surface area contributed by atoms with E-state index in [-0.39, 0.29) is 6.10 Å². The van der Waals surface area contributed by atoms with Crippen LogP contribution in [0.15, 0.2) is 18.2 Å². The molecule has 0 aromatic heterocycles. The minimum atomic E-state index is 0.0206. The van der Waals surface area contributed by atoms with E-state index in [4.69, 9.17) is 14.7 Å². The molecule has 1 atom stereocenters. The Bertz CT molecular complexity index is 382. The van der Waals surface area contributed by atoms with Crippen LogP contribution in [0.1, 0.15) is 25.0 Å². The maximum atomic E-state index is 8.80. The molecule has 86 valence electrons. The number of rotatable bonds is 5. The van der Waals surface area contributed by atoms with Crippen LogP contribution in [0.4, 0.5) is 0 Å². The Labute approximate surface area is 96.6 Å². The van der Waals surface area contributed by atoms with Gasteiger partial charge in [-0.25, -0.2) is 0 Å². The van der Waals surface area contributed by atoms with Crippen molar-refractivity contribution in [1.82, 2.24) is 0 Å². The largest absolute Gasteiger partial charge is 0.488 e. The van der Waals surface area contributed by atoms with E-state index in [1.54, 1.807) is 6.07 Å². The van der Waals surface area contributed by atoms with Gasteiger partial charge in [-0.1, -0.05) is 0 Å². The van der Waals surface area contributed by atoms with Gasteiger partial charge >= 0.3 is 0 Å². The molecule has 3 heteroatoms. The van der Waals surface area contributed by atoms with Gasteiger partial charge < -0.3 is 9.47 Å². The Morgan fingerprint density at radius 1 is 1.44 bits per heavy atom. The van der Waals surface area contributed by atoms with Gasteiger partial charge in [0, 0.05) is 6.61 Å². The predicted octanol–water partition coefficient (Wildman–Crippen LogP) is 2.67. The quantitative estimate of drug-likeness (QED) is 0.764. The smallest absolute Gasteiger partial charge is 0.120 e. The van der Waals surface area contributed by atoms with Crippen molar-refractivity contribution in [3.8, 4) is 11.8 Å². The Balaban J connectivity index is 2.61. The number of benzene rings is 1. The molecule has 0 N–H and O–H groups in total. The summed E-state index contributed by atoms with van der Waals surface area (Å²) in [6.45, 7) is 7.09. The maximum absolute atomic E-state index is 8.80. The van der Waals surface area contributed by atoms with Crippen LogP contribution < -0.4 is 4.74 Å². The molecule has 0 radical (unpaired) electrons. The zero-order valence-corrected chi connectivity index (χ0v) is 9.99. The first-order chi connectivity index (χ1) is 7.67. The van der Waals surface area contributed by atoms with Crippen LogP contribution in [0.3, 0.4) is 0 Å².